The highest BCUT2D eigenvalue weighted by Crippen LogP contribution is 2.55. The molecule has 0 heterocycles. The summed E-state index contributed by atoms with van der Waals surface area (Å²) in [7, 11) is 0. The van der Waals surface area contributed by atoms with E-state index < -0.39 is 58.2 Å². The molecule has 0 radical (unpaired) electrons. The number of nitro groups is 1. The van der Waals surface area contributed by atoms with E-state index in [0.717, 1.165) is 24.3 Å². The molecule has 1 aromatic carbocycles. The maximum absolute atomic E-state index is 14.0. The van der Waals surface area contributed by atoms with Gasteiger partial charge in [0.1, 0.15) is 6.10 Å². The molecule has 1 unspecified atom stereocenters. The van der Waals surface area contributed by atoms with Crippen LogP contribution in [0.3, 0.4) is 0 Å². The van der Waals surface area contributed by atoms with Crippen molar-refractivity contribution in [2.45, 2.75) is 62.8 Å². The largest absolute Gasteiger partial charge is 0.460 e. The van der Waals surface area contributed by atoms with Crippen LogP contribution in [0, 0.1) is 10.1 Å². The summed E-state index contributed by atoms with van der Waals surface area (Å²) in [6.45, 7) is 4.01. The van der Waals surface area contributed by atoms with E-state index in [0.29, 0.717) is 0 Å². The zero-order valence-corrected chi connectivity index (χ0v) is 15.6. The fourth-order valence-corrected chi connectivity index (χ4v) is 1.99. The smallest absolute Gasteiger partial charge is 0.258 e. The number of non-ortho nitro benzene ring substituents is 1. The third kappa shape index (κ3) is 5.53. The van der Waals surface area contributed by atoms with E-state index in [1.165, 1.54) is 20.8 Å². The molecule has 5 nitrogen and oxygen atoms in total. The van der Waals surface area contributed by atoms with Crippen LogP contribution in [0.5, 0.6) is 0 Å². The molecular weight excluding hydrogens is 441 g/mol. The van der Waals surface area contributed by atoms with E-state index in [4.69, 9.17) is 4.89 Å². The zero-order valence-electron chi connectivity index (χ0n) is 15.6. The first-order chi connectivity index (χ1) is 13.2. The summed E-state index contributed by atoms with van der Waals surface area (Å²) >= 11 is 0. The Balaban J connectivity index is 3.31. The molecule has 0 bridgehead atoms. The van der Waals surface area contributed by atoms with E-state index in [1.54, 1.807) is 0 Å². The standard InChI is InChI=1S/C16H16F9NO4/c1-12(2,3)30-29-11(9-4-6-10(7-5-9)26(27)28)8-13(17,18)14(19,20)15(21,22)16(23,24)25/h4-7,11H,8H2,1-3H3. The van der Waals surface area contributed by atoms with Gasteiger partial charge in [0, 0.05) is 12.1 Å². The van der Waals surface area contributed by atoms with Crippen molar-refractivity contribution in [3.05, 3.63) is 39.9 Å². The molecule has 172 valence electrons. The SMILES string of the molecule is CC(C)(C)OOC(CC(F)(F)C(F)(F)C(F)(F)C(F)(F)F)c1ccc([N+](=O)[O-])cc1. The maximum Gasteiger partial charge on any atom is 0.460 e. The van der Waals surface area contributed by atoms with Gasteiger partial charge in [-0.3, -0.25) is 10.1 Å². The first-order valence-corrected chi connectivity index (χ1v) is 8.02. The van der Waals surface area contributed by atoms with Crippen molar-refractivity contribution in [1.82, 2.24) is 0 Å². The average molecular weight is 457 g/mol. The van der Waals surface area contributed by atoms with Crippen molar-refractivity contribution < 1.29 is 54.2 Å². The van der Waals surface area contributed by atoms with Crippen LogP contribution < -0.4 is 0 Å². The van der Waals surface area contributed by atoms with Gasteiger partial charge in [-0.1, -0.05) is 0 Å². The minimum Gasteiger partial charge on any atom is -0.258 e. The Morgan fingerprint density at radius 1 is 0.900 bits per heavy atom. The van der Waals surface area contributed by atoms with Crippen LogP contribution in [0.4, 0.5) is 45.2 Å². The van der Waals surface area contributed by atoms with Gasteiger partial charge in [-0.15, -0.1) is 0 Å². The lowest BCUT2D eigenvalue weighted by molar-refractivity contribution is -0.413. The molecule has 0 spiro atoms. The Kier molecular flexibility index (Phi) is 7.10. The maximum atomic E-state index is 14.0. The third-order valence-electron chi connectivity index (χ3n) is 3.54. The molecule has 0 aliphatic rings. The number of nitro benzene ring substituents is 1. The number of hydrogen-bond donors (Lipinski definition) is 0. The summed E-state index contributed by atoms with van der Waals surface area (Å²) in [4.78, 5) is 19.1. The summed E-state index contributed by atoms with van der Waals surface area (Å²) in [5.74, 6) is -19.8. The van der Waals surface area contributed by atoms with Gasteiger partial charge < -0.3 is 0 Å². The van der Waals surface area contributed by atoms with Gasteiger partial charge in [-0.2, -0.15) is 39.5 Å². The predicted molar refractivity (Wildman–Crippen MR) is 83.3 cm³/mol. The molecule has 0 aliphatic carbocycles. The second-order valence-corrected chi connectivity index (χ2v) is 7.18. The molecule has 0 fully saturated rings. The molecule has 1 atom stereocenters. The van der Waals surface area contributed by atoms with Gasteiger partial charge in [0.25, 0.3) is 5.69 Å². The second kappa shape index (κ2) is 8.21. The van der Waals surface area contributed by atoms with Gasteiger partial charge in [0.2, 0.25) is 0 Å². The molecule has 0 aliphatic heterocycles. The molecule has 0 amide bonds. The summed E-state index contributed by atoms with van der Waals surface area (Å²) < 4.78 is 118. The van der Waals surface area contributed by atoms with Gasteiger partial charge in [0.05, 0.1) is 16.9 Å². The second-order valence-electron chi connectivity index (χ2n) is 7.18. The van der Waals surface area contributed by atoms with E-state index in [-0.39, 0.29) is 0 Å². The highest BCUT2D eigenvalue weighted by Gasteiger charge is 2.81. The molecule has 0 saturated carbocycles. The minimum atomic E-state index is -7.05. The molecule has 1 rings (SSSR count). The van der Waals surface area contributed by atoms with Crippen molar-refractivity contribution in [2.24, 2.45) is 0 Å². The lowest BCUT2D eigenvalue weighted by Gasteiger charge is -2.35. The van der Waals surface area contributed by atoms with Crippen LogP contribution in [-0.2, 0) is 9.78 Å². The first-order valence-electron chi connectivity index (χ1n) is 8.02. The highest BCUT2D eigenvalue weighted by molar-refractivity contribution is 5.34. The van der Waals surface area contributed by atoms with Gasteiger partial charge >= 0.3 is 23.9 Å². The summed E-state index contributed by atoms with van der Waals surface area (Å²) in [6.07, 6.45) is -11.6. The summed E-state index contributed by atoms with van der Waals surface area (Å²) in [6, 6.07) is 3.10. The van der Waals surface area contributed by atoms with Crippen LogP contribution in [-0.4, -0.2) is 34.5 Å². The van der Waals surface area contributed by atoms with Crippen LogP contribution in [0.15, 0.2) is 24.3 Å². The number of nitrogens with zero attached hydrogens (tertiary/aromatic N) is 1. The molecule has 0 aromatic heterocycles. The minimum absolute atomic E-state index is 0.462. The number of benzene rings is 1. The fourth-order valence-electron chi connectivity index (χ4n) is 1.99. The van der Waals surface area contributed by atoms with Crippen molar-refractivity contribution in [3.8, 4) is 0 Å². The quantitative estimate of drug-likeness (QED) is 0.201. The van der Waals surface area contributed by atoms with Crippen LogP contribution >= 0.6 is 0 Å². The Labute approximate surface area is 163 Å². The number of halogens is 9. The predicted octanol–water partition coefficient (Wildman–Crippen LogP) is 6.24. The van der Waals surface area contributed by atoms with Gasteiger partial charge in [-0.05, 0) is 38.5 Å². The first kappa shape index (κ1) is 25.9. The van der Waals surface area contributed by atoms with E-state index >= 15 is 0 Å². The highest BCUT2D eigenvalue weighted by atomic mass is 19.4. The molecular formula is C16H16F9NO4. The molecule has 30 heavy (non-hydrogen) atoms. The monoisotopic (exact) mass is 457 g/mol. The number of rotatable bonds is 8. The van der Waals surface area contributed by atoms with Crippen LogP contribution in [0.2, 0.25) is 0 Å². The fraction of sp³-hybridized carbons (Fsp3) is 0.625. The molecule has 1 aromatic rings. The summed E-state index contributed by atoms with van der Waals surface area (Å²) in [5.41, 5.74) is -2.21. The Bertz CT molecular complexity index is 743. The third-order valence-corrected chi connectivity index (χ3v) is 3.54. The summed E-state index contributed by atoms with van der Waals surface area (Å²) in [5, 5.41) is 10.6. The normalized spacial score (nSPS) is 15.2. The van der Waals surface area contributed by atoms with Crippen LogP contribution in [0.1, 0.15) is 38.9 Å². The Morgan fingerprint density at radius 3 is 1.73 bits per heavy atom. The van der Waals surface area contributed by atoms with Crippen molar-refractivity contribution in [1.29, 1.82) is 0 Å². The molecule has 14 heteroatoms. The molecule has 0 saturated heterocycles. The Morgan fingerprint density at radius 2 is 1.37 bits per heavy atom. The molecule has 0 N–H and O–H groups in total. The number of alkyl halides is 9. The lowest BCUT2D eigenvalue weighted by atomic mass is 9.95. The van der Waals surface area contributed by atoms with Gasteiger partial charge in [-0.25, -0.2) is 9.78 Å². The number of hydrogen-bond acceptors (Lipinski definition) is 4. The van der Waals surface area contributed by atoms with E-state index in [1.807, 2.05) is 0 Å². The van der Waals surface area contributed by atoms with Crippen molar-refractivity contribution >= 4 is 5.69 Å². The van der Waals surface area contributed by atoms with E-state index in [9.17, 15) is 49.6 Å². The average Bonchev–Trinajstić information content (AvgIpc) is 2.56. The van der Waals surface area contributed by atoms with E-state index in [2.05, 4.69) is 4.89 Å². The topological polar surface area (TPSA) is 61.6 Å². The lowest BCUT2D eigenvalue weighted by Crippen LogP contribution is -2.61. The zero-order chi connectivity index (χ0) is 23.8. The van der Waals surface area contributed by atoms with Crippen LogP contribution in [0.25, 0.3) is 0 Å². The van der Waals surface area contributed by atoms with Gasteiger partial charge in [0.15, 0.2) is 0 Å². The Hall–Kier alpha value is -2.09. The van der Waals surface area contributed by atoms with Crippen molar-refractivity contribution in [2.75, 3.05) is 0 Å². The van der Waals surface area contributed by atoms with Crippen molar-refractivity contribution in [3.63, 3.8) is 0 Å².